The molecule has 0 amide bonds. The summed E-state index contributed by atoms with van der Waals surface area (Å²) >= 11 is 0. The molecule has 0 radical (unpaired) electrons. The van der Waals surface area contributed by atoms with Gasteiger partial charge in [-0.2, -0.15) is 0 Å². The highest BCUT2D eigenvalue weighted by atomic mass is 16.6. The van der Waals surface area contributed by atoms with Gasteiger partial charge in [-0.05, 0) is 31.6 Å². The van der Waals surface area contributed by atoms with Crippen LogP contribution in [0.15, 0.2) is 35.5 Å². The summed E-state index contributed by atoms with van der Waals surface area (Å²) in [5.74, 6) is -5.30. The Kier molecular flexibility index (Phi) is 8.74. The Bertz CT molecular complexity index is 1130. The molecular formula is C28H36O11. The van der Waals surface area contributed by atoms with Crippen molar-refractivity contribution in [2.24, 2.45) is 17.3 Å². The van der Waals surface area contributed by atoms with Gasteiger partial charge in [0.2, 0.25) is 0 Å². The highest BCUT2D eigenvalue weighted by Gasteiger charge is 2.66. The maximum Gasteiger partial charge on any atom is 0.312 e. The minimum Gasteiger partial charge on any atom is -0.461 e. The number of carbonyl (C=O) groups is 5. The molecule has 0 bridgehead atoms. The van der Waals surface area contributed by atoms with Gasteiger partial charge in [0.05, 0.1) is 11.3 Å². The van der Waals surface area contributed by atoms with Crippen molar-refractivity contribution in [1.82, 2.24) is 0 Å². The number of hydrogen-bond donors (Lipinski definition) is 1. The topological polar surface area (TPSA) is 152 Å². The van der Waals surface area contributed by atoms with Crippen molar-refractivity contribution in [1.29, 1.82) is 0 Å². The molecule has 3 rings (SSSR count). The SMILES string of the molecule is CC(=O)OCC1=CC2OC(=O)C(C)C2(O)C(OC(C)=O)C2C(C)=CCC(OC(C)=O)C2(C)C(OC(C)=O)C=C1. The van der Waals surface area contributed by atoms with Crippen molar-refractivity contribution in [2.45, 2.75) is 84.9 Å². The van der Waals surface area contributed by atoms with Gasteiger partial charge in [0, 0.05) is 40.0 Å². The summed E-state index contributed by atoms with van der Waals surface area (Å²) < 4.78 is 28.1. The molecule has 2 aliphatic carbocycles. The van der Waals surface area contributed by atoms with Crippen LogP contribution in [0.5, 0.6) is 0 Å². The molecule has 1 saturated heterocycles. The second-order valence-corrected chi connectivity index (χ2v) is 10.5. The molecule has 8 unspecified atom stereocenters. The lowest BCUT2D eigenvalue weighted by molar-refractivity contribution is -0.211. The summed E-state index contributed by atoms with van der Waals surface area (Å²) in [6, 6.07) is 0. The van der Waals surface area contributed by atoms with E-state index in [1.807, 2.05) is 0 Å². The van der Waals surface area contributed by atoms with Gasteiger partial charge >= 0.3 is 29.8 Å². The smallest absolute Gasteiger partial charge is 0.312 e. The van der Waals surface area contributed by atoms with Gasteiger partial charge in [-0.1, -0.05) is 24.6 Å². The van der Waals surface area contributed by atoms with E-state index in [2.05, 4.69) is 0 Å². The van der Waals surface area contributed by atoms with Gasteiger partial charge in [-0.15, -0.1) is 0 Å². The monoisotopic (exact) mass is 548 g/mol. The second-order valence-electron chi connectivity index (χ2n) is 10.5. The van der Waals surface area contributed by atoms with E-state index in [4.69, 9.17) is 23.7 Å². The third-order valence-corrected chi connectivity index (χ3v) is 7.81. The lowest BCUT2D eigenvalue weighted by atomic mass is 9.56. The van der Waals surface area contributed by atoms with Crippen LogP contribution in [0.2, 0.25) is 0 Å². The van der Waals surface area contributed by atoms with Gasteiger partial charge in [0.15, 0.2) is 11.7 Å². The van der Waals surface area contributed by atoms with E-state index >= 15 is 0 Å². The third-order valence-electron chi connectivity index (χ3n) is 7.81. The molecule has 39 heavy (non-hydrogen) atoms. The van der Waals surface area contributed by atoms with Gasteiger partial charge in [-0.3, -0.25) is 24.0 Å². The number of fused-ring (bicyclic) bond motifs is 2. The van der Waals surface area contributed by atoms with Crippen LogP contribution in [0.4, 0.5) is 0 Å². The van der Waals surface area contributed by atoms with E-state index in [0.717, 1.165) is 0 Å². The zero-order valence-corrected chi connectivity index (χ0v) is 23.2. The lowest BCUT2D eigenvalue weighted by Crippen LogP contribution is -2.65. The maximum absolute atomic E-state index is 12.9. The molecule has 1 aliphatic heterocycles. The molecule has 11 heteroatoms. The maximum atomic E-state index is 12.9. The average Bonchev–Trinajstić information content (AvgIpc) is 3.03. The van der Waals surface area contributed by atoms with Crippen molar-refractivity contribution < 1.29 is 52.8 Å². The number of esters is 5. The summed E-state index contributed by atoms with van der Waals surface area (Å²) in [4.78, 5) is 61.5. The molecule has 0 aromatic rings. The van der Waals surface area contributed by atoms with E-state index in [1.165, 1.54) is 40.7 Å². The predicted octanol–water partition coefficient (Wildman–Crippen LogP) is 2.11. The predicted molar refractivity (Wildman–Crippen MR) is 134 cm³/mol. The van der Waals surface area contributed by atoms with Crippen molar-refractivity contribution in [3.63, 3.8) is 0 Å². The van der Waals surface area contributed by atoms with Crippen LogP contribution in [0, 0.1) is 17.3 Å². The summed E-state index contributed by atoms with van der Waals surface area (Å²) in [5, 5.41) is 12.3. The quantitative estimate of drug-likeness (QED) is 0.305. The zero-order valence-electron chi connectivity index (χ0n) is 23.2. The number of aliphatic hydroxyl groups is 1. The van der Waals surface area contributed by atoms with Gasteiger partial charge in [0.25, 0.3) is 0 Å². The molecule has 0 aromatic carbocycles. The van der Waals surface area contributed by atoms with Crippen molar-refractivity contribution in [3.8, 4) is 0 Å². The fraction of sp³-hybridized carbons (Fsp3) is 0.607. The first-order valence-corrected chi connectivity index (χ1v) is 12.8. The molecule has 0 aromatic heterocycles. The minimum atomic E-state index is -2.10. The summed E-state index contributed by atoms with van der Waals surface area (Å²) in [7, 11) is 0. The number of ether oxygens (including phenoxy) is 5. The molecule has 0 saturated carbocycles. The molecule has 3 aliphatic rings. The zero-order chi connectivity index (χ0) is 29.3. The molecular weight excluding hydrogens is 512 g/mol. The molecule has 8 atom stereocenters. The molecule has 214 valence electrons. The molecule has 1 fully saturated rings. The number of carbonyl (C=O) groups excluding carboxylic acids is 5. The van der Waals surface area contributed by atoms with Gasteiger partial charge in [-0.25, -0.2) is 0 Å². The summed E-state index contributed by atoms with van der Waals surface area (Å²) in [6.07, 6.45) is 1.93. The number of hydrogen-bond acceptors (Lipinski definition) is 11. The number of rotatable bonds is 5. The van der Waals surface area contributed by atoms with E-state index in [0.29, 0.717) is 11.1 Å². The highest BCUT2D eigenvalue weighted by molar-refractivity contribution is 5.78. The van der Waals surface area contributed by atoms with Gasteiger partial charge in [0.1, 0.15) is 24.9 Å². The van der Waals surface area contributed by atoms with Crippen molar-refractivity contribution in [2.75, 3.05) is 6.61 Å². The van der Waals surface area contributed by atoms with E-state index in [-0.39, 0.29) is 13.0 Å². The highest BCUT2D eigenvalue weighted by Crippen LogP contribution is 2.54. The fourth-order valence-electron chi connectivity index (χ4n) is 5.90. The Balaban J connectivity index is 2.39. The first kappa shape index (κ1) is 30.1. The lowest BCUT2D eigenvalue weighted by Gasteiger charge is -2.53. The Labute approximate surface area is 227 Å². The van der Waals surface area contributed by atoms with Crippen LogP contribution in [-0.2, 0) is 47.7 Å². The van der Waals surface area contributed by atoms with Crippen LogP contribution >= 0.6 is 0 Å². The van der Waals surface area contributed by atoms with Gasteiger partial charge < -0.3 is 28.8 Å². The van der Waals surface area contributed by atoms with Crippen LogP contribution in [0.3, 0.4) is 0 Å². The first-order valence-electron chi connectivity index (χ1n) is 12.8. The summed E-state index contributed by atoms with van der Waals surface area (Å²) in [5.41, 5.74) is -2.41. The molecule has 1 N–H and O–H groups in total. The second kappa shape index (κ2) is 11.3. The Hall–Kier alpha value is -3.47. The van der Waals surface area contributed by atoms with Crippen LogP contribution < -0.4 is 0 Å². The largest absolute Gasteiger partial charge is 0.461 e. The van der Waals surface area contributed by atoms with Crippen LogP contribution in [0.1, 0.15) is 54.9 Å². The summed E-state index contributed by atoms with van der Waals surface area (Å²) in [6.45, 7) is 9.58. The Morgan fingerprint density at radius 1 is 1.03 bits per heavy atom. The molecule has 0 spiro atoms. The van der Waals surface area contributed by atoms with E-state index in [1.54, 1.807) is 32.1 Å². The Morgan fingerprint density at radius 3 is 2.21 bits per heavy atom. The fourth-order valence-corrected chi connectivity index (χ4v) is 5.90. The average molecular weight is 549 g/mol. The normalized spacial score (nSPS) is 35.7. The van der Waals surface area contributed by atoms with Crippen LogP contribution in [-0.4, -0.2) is 71.6 Å². The first-order chi connectivity index (χ1) is 18.1. The third kappa shape index (κ3) is 5.78. The molecule has 11 nitrogen and oxygen atoms in total. The standard InChI is InChI=1S/C28H36O11/c1-14-8-10-21(36-17(4)30)27(7)22(37-18(5)31)11-9-20(13-35-16(3)29)12-23-28(34,15(2)26(33)39-23)25(24(14)27)38-19(6)32/h8-9,11-12,15,21-25,34H,10,13H2,1-7H3. The minimum absolute atomic E-state index is 0.248. The van der Waals surface area contributed by atoms with E-state index < -0.39 is 77.1 Å². The Morgan fingerprint density at radius 2 is 1.64 bits per heavy atom. The van der Waals surface area contributed by atoms with Crippen LogP contribution in [0.25, 0.3) is 0 Å². The molecule has 1 heterocycles. The van der Waals surface area contributed by atoms with Crippen molar-refractivity contribution in [3.05, 3.63) is 35.5 Å². The van der Waals surface area contributed by atoms with E-state index in [9.17, 15) is 29.1 Å². The van der Waals surface area contributed by atoms with Crippen molar-refractivity contribution >= 4 is 29.8 Å².